The van der Waals surface area contributed by atoms with Gasteiger partial charge in [-0.15, -0.1) is 0 Å². The number of benzene rings is 1. The molecule has 0 aliphatic heterocycles. The molecule has 0 radical (unpaired) electrons. The largest absolute Gasteiger partial charge is 0.493 e. The van der Waals surface area contributed by atoms with E-state index in [-0.39, 0.29) is 0 Å². The van der Waals surface area contributed by atoms with Gasteiger partial charge in [-0.05, 0) is 43.7 Å². The van der Waals surface area contributed by atoms with Crippen LogP contribution in [0.1, 0.15) is 12.6 Å². The molecule has 0 bridgehead atoms. The predicted molar refractivity (Wildman–Crippen MR) is 83.2 cm³/mol. The van der Waals surface area contributed by atoms with Gasteiger partial charge in [0.1, 0.15) is 11.4 Å². The lowest BCUT2D eigenvalue weighted by atomic mass is 9.99. The summed E-state index contributed by atoms with van der Waals surface area (Å²) in [6.07, 6.45) is 3.58. The van der Waals surface area contributed by atoms with Crippen LogP contribution in [0.2, 0.25) is 0 Å². The van der Waals surface area contributed by atoms with Crippen LogP contribution in [0.5, 0.6) is 5.75 Å². The quantitative estimate of drug-likeness (QED) is 0.789. The van der Waals surface area contributed by atoms with E-state index in [2.05, 4.69) is 15.2 Å². The molecule has 0 fully saturated rings. The third kappa shape index (κ3) is 2.52. The van der Waals surface area contributed by atoms with Crippen molar-refractivity contribution in [3.63, 3.8) is 0 Å². The molecule has 4 nitrogen and oxygen atoms in total. The highest BCUT2D eigenvalue weighted by Gasteiger charge is 2.17. The summed E-state index contributed by atoms with van der Waals surface area (Å²) in [5.41, 5.74) is 5.11. The maximum atomic E-state index is 5.73. The number of aryl methyl sites for hydroxylation is 1. The molecule has 0 saturated carbocycles. The standard InChI is InChI=1S/C17H17N3O/c1-3-21-15-7-5-4-6-14(15)17-16(12(2)19-20-17)13-8-10-18-11-9-13/h4-11H,3H2,1-2H3,(H,19,20). The summed E-state index contributed by atoms with van der Waals surface area (Å²) in [6.45, 7) is 4.64. The van der Waals surface area contributed by atoms with Crippen LogP contribution in [-0.4, -0.2) is 21.8 Å². The molecule has 0 spiro atoms. The Morgan fingerprint density at radius 1 is 1.10 bits per heavy atom. The van der Waals surface area contributed by atoms with Gasteiger partial charge in [0, 0.05) is 29.2 Å². The number of hydrogen-bond acceptors (Lipinski definition) is 3. The zero-order valence-electron chi connectivity index (χ0n) is 12.1. The van der Waals surface area contributed by atoms with Crippen molar-refractivity contribution in [2.75, 3.05) is 6.61 Å². The number of aromatic amines is 1. The van der Waals surface area contributed by atoms with E-state index in [1.165, 1.54) is 0 Å². The van der Waals surface area contributed by atoms with Crippen molar-refractivity contribution >= 4 is 0 Å². The Kier molecular flexibility index (Phi) is 3.69. The fraction of sp³-hybridized carbons (Fsp3) is 0.176. The van der Waals surface area contributed by atoms with Gasteiger partial charge in [0.2, 0.25) is 0 Å². The molecule has 0 amide bonds. The number of H-pyrrole nitrogens is 1. The van der Waals surface area contributed by atoms with E-state index in [0.29, 0.717) is 6.61 Å². The monoisotopic (exact) mass is 279 g/mol. The zero-order valence-corrected chi connectivity index (χ0v) is 12.1. The summed E-state index contributed by atoms with van der Waals surface area (Å²) >= 11 is 0. The van der Waals surface area contributed by atoms with Crippen LogP contribution in [0.15, 0.2) is 48.8 Å². The minimum Gasteiger partial charge on any atom is -0.493 e. The Morgan fingerprint density at radius 2 is 1.86 bits per heavy atom. The second-order valence-electron chi connectivity index (χ2n) is 4.74. The molecule has 0 aliphatic rings. The van der Waals surface area contributed by atoms with Gasteiger partial charge in [-0.25, -0.2) is 0 Å². The van der Waals surface area contributed by atoms with Crippen molar-refractivity contribution in [1.29, 1.82) is 0 Å². The Bertz CT molecular complexity index is 735. The van der Waals surface area contributed by atoms with E-state index in [4.69, 9.17) is 4.74 Å². The van der Waals surface area contributed by atoms with Crippen LogP contribution in [0, 0.1) is 6.92 Å². The molecule has 4 heteroatoms. The first-order valence-corrected chi connectivity index (χ1v) is 6.98. The van der Waals surface area contributed by atoms with Gasteiger partial charge in [-0.3, -0.25) is 10.1 Å². The lowest BCUT2D eigenvalue weighted by Gasteiger charge is -2.10. The third-order valence-electron chi connectivity index (χ3n) is 3.36. The molecule has 1 aromatic carbocycles. The average Bonchev–Trinajstić information content (AvgIpc) is 2.91. The highest BCUT2D eigenvalue weighted by molar-refractivity contribution is 5.84. The fourth-order valence-electron chi connectivity index (χ4n) is 2.44. The molecule has 106 valence electrons. The Balaban J connectivity index is 2.17. The van der Waals surface area contributed by atoms with Crippen LogP contribution in [0.3, 0.4) is 0 Å². The van der Waals surface area contributed by atoms with E-state index in [9.17, 15) is 0 Å². The van der Waals surface area contributed by atoms with Crippen LogP contribution in [-0.2, 0) is 0 Å². The van der Waals surface area contributed by atoms with Gasteiger partial charge in [0.25, 0.3) is 0 Å². The molecule has 21 heavy (non-hydrogen) atoms. The van der Waals surface area contributed by atoms with Gasteiger partial charge >= 0.3 is 0 Å². The average molecular weight is 279 g/mol. The number of nitrogens with zero attached hydrogens (tertiary/aromatic N) is 2. The summed E-state index contributed by atoms with van der Waals surface area (Å²) in [5, 5.41) is 7.56. The van der Waals surface area contributed by atoms with Crippen LogP contribution < -0.4 is 4.74 Å². The third-order valence-corrected chi connectivity index (χ3v) is 3.36. The topological polar surface area (TPSA) is 50.8 Å². The maximum absolute atomic E-state index is 5.73. The van der Waals surface area contributed by atoms with E-state index in [0.717, 1.165) is 33.8 Å². The minimum absolute atomic E-state index is 0.630. The lowest BCUT2D eigenvalue weighted by molar-refractivity contribution is 0.341. The van der Waals surface area contributed by atoms with Crippen molar-refractivity contribution < 1.29 is 4.74 Å². The minimum atomic E-state index is 0.630. The molecule has 3 aromatic rings. The number of nitrogens with one attached hydrogen (secondary N) is 1. The second-order valence-corrected chi connectivity index (χ2v) is 4.74. The zero-order chi connectivity index (χ0) is 14.7. The normalized spacial score (nSPS) is 10.6. The van der Waals surface area contributed by atoms with Gasteiger partial charge < -0.3 is 4.74 Å². The molecule has 0 atom stereocenters. The molecule has 0 aliphatic carbocycles. The van der Waals surface area contributed by atoms with Gasteiger partial charge in [-0.1, -0.05) is 12.1 Å². The maximum Gasteiger partial charge on any atom is 0.128 e. The molecule has 2 heterocycles. The first kappa shape index (κ1) is 13.4. The van der Waals surface area contributed by atoms with E-state index >= 15 is 0 Å². The summed E-state index contributed by atoms with van der Waals surface area (Å²) in [5.74, 6) is 0.849. The SMILES string of the molecule is CCOc1ccccc1-c1n[nH]c(C)c1-c1ccncc1. The van der Waals surface area contributed by atoms with Gasteiger partial charge in [-0.2, -0.15) is 5.10 Å². The Morgan fingerprint density at radius 3 is 2.62 bits per heavy atom. The van der Waals surface area contributed by atoms with Crippen molar-refractivity contribution in [3.8, 4) is 28.1 Å². The summed E-state index contributed by atoms with van der Waals surface area (Å²) in [4.78, 5) is 4.08. The van der Waals surface area contributed by atoms with Crippen molar-refractivity contribution in [3.05, 3.63) is 54.5 Å². The number of pyridine rings is 1. The Hall–Kier alpha value is -2.62. The number of aromatic nitrogens is 3. The number of ether oxygens (including phenoxy) is 1. The summed E-state index contributed by atoms with van der Waals surface area (Å²) in [7, 11) is 0. The lowest BCUT2D eigenvalue weighted by Crippen LogP contribution is -1.94. The smallest absolute Gasteiger partial charge is 0.128 e. The molecule has 1 N–H and O–H groups in total. The molecule has 0 unspecified atom stereocenters. The van der Waals surface area contributed by atoms with Crippen LogP contribution in [0.4, 0.5) is 0 Å². The summed E-state index contributed by atoms with van der Waals surface area (Å²) < 4.78 is 5.73. The van der Waals surface area contributed by atoms with Crippen molar-refractivity contribution in [1.82, 2.24) is 15.2 Å². The predicted octanol–water partition coefficient (Wildman–Crippen LogP) is 3.85. The van der Waals surface area contributed by atoms with Crippen molar-refractivity contribution in [2.45, 2.75) is 13.8 Å². The van der Waals surface area contributed by atoms with E-state index in [1.807, 2.05) is 50.2 Å². The molecule has 3 rings (SSSR count). The van der Waals surface area contributed by atoms with Crippen LogP contribution in [0.25, 0.3) is 22.4 Å². The first-order valence-electron chi connectivity index (χ1n) is 6.98. The van der Waals surface area contributed by atoms with E-state index in [1.54, 1.807) is 12.4 Å². The number of rotatable bonds is 4. The summed E-state index contributed by atoms with van der Waals surface area (Å²) in [6, 6.07) is 12.0. The molecule has 2 aromatic heterocycles. The second kappa shape index (κ2) is 5.79. The van der Waals surface area contributed by atoms with Crippen LogP contribution >= 0.6 is 0 Å². The van der Waals surface area contributed by atoms with Gasteiger partial charge in [0.15, 0.2) is 0 Å². The fourth-order valence-corrected chi connectivity index (χ4v) is 2.44. The highest BCUT2D eigenvalue weighted by Crippen LogP contribution is 2.37. The number of hydrogen-bond donors (Lipinski definition) is 1. The number of para-hydroxylation sites is 1. The molecular weight excluding hydrogens is 262 g/mol. The molecule has 0 saturated heterocycles. The van der Waals surface area contributed by atoms with Crippen molar-refractivity contribution in [2.24, 2.45) is 0 Å². The van der Waals surface area contributed by atoms with E-state index < -0.39 is 0 Å². The first-order chi connectivity index (χ1) is 10.3. The van der Waals surface area contributed by atoms with Gasteiger partial charge in [0.05, 0.1) is 6.61 Å². The Labute approximate surface area is 123 Å². The molecular formula is C17H17N3O. The highest BCUT2D eigenvalue weighted by atomic mass is 16.5.